The molecule has 0 spiro atoms. The molecule has 1 aromatic carbocycles. The predicted molar refractivity (Wildman–Crippen MR) is 51.6 cm³/mol. The smallest absolute Gasteiger partial charge is 0.130 e. The lowest BCUT2D eigenvalue weighted by atomic mass is 9.92. The van der Waals surface area contributed by atoms with Gasteiger partial charge in [-0.15, -0.1) is 0 Å². The van der Waals surface area contributed by atoms with Crippen molar-refractivity contribution in [3.8, 4) is 0 Å². The Labute approximate surface area is 81.6 Å². The van der Waals surface area contributed by atoms with Crippen LogP contribution in [0.3, 0.4) is 0 Å². The van der Waals surface area contributed by atoms with E-state index < -0.39 is 11.6 Å². The highest BCUT2D eigenvalue weighted by molar-refractivity contribution is 5.42. The van der Waals surface area contributed by atoms with E-state index in [9.17, 15) is 8.78 Å². The maximum atomic E-state index is 13.3. The van der Waals surface area contributed by atoms with Crippen LogP contribution in [0.2, 0.25) is 0 Å². The predicted octanol–water partition coefficient (Wildman–Crippen LogP) is 3.40. The van der Waals surface area contributed by atoms with Gasteiger partial charge < -0.3 is 0 Å². The van der Waals surface area contributed by atoms with Gasteiger partial charge in [-0.3, -0.25) is 0 Å². The van der Waals surface area contributed by atoms with Crippen molar-refractivity contribution < 1.29 is 8.78 Å². The lowest BCUT2D eigenvalue weighted by molar-refractivity contribution is 0.576. The summed E-state index contributed by atoms with van der Waals surface area (Å²) in [7, 11) is 0. The van der Waals surface area contributed by atoms with Crippen LogP contribution in [0.4, 0.5) is 8.78 Å². The van der Waals surface area contributed by atoms with Crippen molar-refractivity contribution in [3.05, 3.63) is 65.6 Å². The fourth-order valence-electron chi connectivity index (χ4n) is 1.46. The molecule has 0 nitrogen and oxygen atoms in total. The van der Waals surface area contributed by atoms with E-state index in [0.29, 0.717) is 12.0 Å². The SMILES string of the molecule is Fc1ccc([C]2C=CC=CC2)c(F)c1. The number of hydrogen-bond donors (Lipinski definition) is 0. The molecule has 0 atom stereocenters. The van der Waals surface area contributed by atoms with Gasteiger partial charge in [0.15, 0.2) is 0 Å². The molecular weight excluding hydrogens is 182 g/mol. The van der Waals surface area contributed by atoms with E-state index in [4.69, 9.17) is 0 Å². The minimum absolute atomic E-state index is 0.479. The Morgan fingerprint density at radius 1 is 1.07 bits per heavy atom. The second-order valence-electron chi connectivity index (χ2n) is 3.14. The van der Waals surface area contributed by atoms with Crippen LogP contribution in [0.1, 0.15) is 12.0 Å². The molecular formula is C12H9F2. The van der Waals surface area contributed by atoms with Gasteiger partial charge in [-0.25, -0.2) is 8.78 Å². The summed E-state index contributed by atoms with van der Waals surface area (Å²) >= 11 is 0. The van der Waals surface area contributed by atoms with Gasteiger partial charge in [0.25, 0.3) is 0 Å². The first-order valence-electron chi connectivity index (χ1n) is 4.42. The fourth-order valence-corrected chi connectivity index (χ4v) is 1.46. The highest BCUT2D eigenvalue weighted by Crippen LogP contribution is 2.25. The normalized spacial score (nSPS) is 16.1. The van der Waals surface area contributed by atoms with Crippen LogP contribution in [0.15, 0.2) is 42.5 Å². The third-order valence-corrected chi connectivity index (χ3v) is 2.16. The Morgan fingerprint density at radius 3 is 2.57 bits per heavy atom. The van der Waals surface area contributed by atoms with Crippen molar-refractivity contribution in [3.63, 3.8) is 0 Å². The summed E-state index contributed by atoms with van der Waals surface area (Å²) < 4.78 is 25.9. The minimum Gasteiger partial charge on any atom is -0.207 e. The van der Waals surface area contributed by atoms with Gasteiger partial charge in [0.2, 0.25) is 0 Å². The van der Waals surface area contributed by atoms with Crippen molar-refractivity contribution in [1.82, 2.24) is 0 Å². The molecule has 0 N–H and O–H groups in total. The van der Waals surface area contributed by atoms with E-state index in [0.717, 1.165) is 12.0 Å². The van der Waals surface area contributed by atoms with Crippen LogP contribution in [-0.2, 0) is 0 Å². The molecule has 0 aromatic heterocycles. The third kappa shape index (κ3) is 1.74. The quantitative estimate of drug-likeness (QED) is 0.638. The lowest BCUT2D eigenvalue weighted by Crippen LogP contribution is -2.01. The van der Waals surface area contributed by atoms with Gasteiger partial charge in [-0.05, 0) is 18.1 Å². The summed E-state index contributed by atoms with van der Waals surface area (Å²) in [5, 5.41) is 0. The van der Waals surface area contributed by atoms with Gasteiger partial charge in [0, 0.05) is 12.0 Å². The van der Waals surface area contributed by atoms with Gasteiger partial charge in [0.05, 0.1) is 0 Å². The Balaban J connectivity index is 2.32. The lowest BCUT2D eigenvalue weighted by Gasteiger charge is -2.13. The molecule has 0 saturated carbocycles. The second kappa shape index (κ2) is 3.74. The van der Waals surface area contributed by atoms with Crippen LogP contribution >= 0.6 is 0 Å². The van der Waals surface area contributed by atoms with E-state index in [1.54, 1.807) is 0 Å². The first-order chi connectivity index (χ1) is 6.77. The second-order valence-corrected chi connectivity index (χ2v) is 3.14. The molecule has 14 heavy (non-hydrogen) atoms. The molecule has 1 radical (unpaired) electrons. The van der Waals surface area contributed by atoms with Crippen LogP contribution in [0.5, 0.6) is 0 Å². The first kappa shape index (κ1) is 9.13. The van der Waals surface area contributed by atoms with Crippen LogP contribution < -0.4 is 0 Å². The zero-order valence-corrected chi connectivity index (χ0v) is 7.50. The summed E-state index contributed by atoms with van der Waals surface area (Å²) in [5.74, 6) is -0.160. The molecule has 0 heterocycles. The number of allylic oxidation sites excluding steroid dienone is 4. The molecule has 71 valence electrons. The van der Waals surface area contributed by atoms with Crippen LogP contribution in [0, 0.1) is 17.6 Å². The fraction of sp³-hybridized carbons (Fsp3) is 0.0833. The Morgan fingerprint density at radius 2 is 1.93 bits per heavy atom. The van der Waals surface area contributed by atoms with Crippen molar-refractivity contribution >= 4 is 0 Å². The molecule has 1 aliphatic rings. The van der Waals surface area contributed by atoms with E-state index in [1.807, 2.05) is 24.3 Å². The molecule has 1 aromatic rings. The average molecular weight is 191 g/mol. The van der Waals surface area contributed by atoms with E-state index in [2.05, 4.69) is 0 Å². The van der Waals surface area contributed by atoms with E-state index in [1.165, 1.54) is 12.1 Å². The standard InChI is InChI=1S/C12H9F2/c13-10-6-7-11(12(14)8-10)9-4-2-1-3-5-9/h1-4,6-8H,5H2. The molecule has 0 amide bonds. The number of hydrogen-bond acceptors (Lipinski definition) is 0. The Hall–Kier alpha value is -1.44. The van der Waals surface area contributed by atoms with Gasteiger partial charge in [0.1, 0.15) is 11.6 Å². The van der Waals surface area contributed by atoms with Crippen molar-refractivity contribution in [2.45, 2.75) is 6.42 Å². The molecule has 0 unspecified atom stereocenters. The summed E-state index contributed by atoms with van der Waals surface area (Å²) in [5.41, 5.74) is 0.479. The highest BCUT2D eigenvalue weighted by atomic mass is 19.1. The minimum atomic E-state index is -0.540. The highest BCUT2D eigenvalue weighted by Gasteiger charge is 2.14. The van der Waals surface area contributed by atoms with Crippen LogP contribution in [0.25, 0.3) is 0 Å². The van der Waals surface area contributed by atoms with E-state index >= 15 is 0 Å². The molecule has 0 bridgehead atoms. The number of halogens is 2. The third-order valence-electron chi connectivity index (χ3n) is 2.16. The molecule has 2 rings (SSSR count). The number of benzene rings is 1. The Bertz CT molecular complexity index is 391. The molecule has 1 aliphatic carbocycles. The first-order valence-corrected chi connectivity index (χ1v) is 4.42. The zero-order valence-electron chi connectivity index (χ0n) is 7.50. The summed E-state index contributed by atoms with van der Waals surface area (Å²) in [6, 6.07) is 3.66. The zero-order chi connectivity index (χ0) is 9.97. The molecule has 0 saturated heterocycles. The van der Waals surface area contributed by atoms with Crippen molar-refractivity contribution in [1.29, 1.82) is 0 Å². The summed E-state index contributed by atoms with van der Waals surface area (Å²) in [4.78, 5) is 0. The molecule has 0 aliphatic heterocycles. The maximum absolute atomic E-state index is 13.3. The van der Waals surface area contributed by atoms with Gasteiger partial charge >= 0.3 is 0 Å². The average Bonchev–Trinajstić information content (AvgIpc) is 2.19. The van der Waals surface area contributed by atoms with Gasteiger partial charge in [-0.2, -0.15) is 0 Å². The monoisotopic (exact) mass is 191 g/mol. The van der Waals surface area contributed by atoms with Gasteiger partial charge in [-0.1, -0.05) is 30.4 Å². The summed E-state index contributed by atoms with van der Waals surface area (Å²) in [6.07, 6.45) is 8.24. The summed E-state index contributed by atoms with van der Waals surface area (Å²) in [6.45, 7) is 0. The maximum Gasteiger partial charge on any atom is 0.130 e. The molecule has 2 heteroatoms. The molecule has 0 fully saturated rings. The topological polar surface area (TPSA) is 0 Å². The Kier molecular flexibility index (Phi) is 2.44. The van der Waals surface area contributed by atoms with E-state index in [-0.39, 0.29) is 0 Å². The number of rotatable bonds is 1. The van der Waals surface area contributed by atoms with Crippen LogP contribution in [-0.4, -0.2) is 0 Å². The van der Waals surface area contributed by atoms with Crippen molar-refractivity contribution in [2.24, 2.45) is 0 Å². The van der Waals surface area contributed by atoms with Crippen molar-refractivity contribution in [2.75, 3.05) is 0 Å². The largest absolute Gasteiger partial charge is 0.207 e.